The number of hydrogen-bond donors (Lipinski definition) is 0. The fraction of sp³-hybridized carbons (Fsp3) is 0.308. The van der Waals surface area contributed by atoms with E-state index in [1.54, 1.807) is 6.20 Å². The molecule has 0 aliphatic heterocycles. The van der Waals surface area contributed by atoms with Crippen LogP contribution in [0.1, 0.15) is 29.1 Å². The number of nitrogens with zero attached hydrogens (tertiary/aromatic N) is 3. The molecule has 3 rings (SSSR count). The van der Waals surface area contributed by atoms with Crippen molar-refractivity contribution in [3.05, 3.63) is 52.3 Å². The first-order chi connectivity index (χ1) is 8.33. The average Bonchev–Trinajstić information content (AvgIpc) is 2.79. The van der Waals surface area contributed by atoms with Gasteiger partial charge in [-0.3, -0.25) is 4.98 Å². The third kappa shape index (κ3) is 2.15. The lowest BCUT2D eigenvalue weighted by atomic mass is 10.2. The van der Waals surface area contributed by atoms with Crippen LogP contribution in [0.2, 0.25) is 5.15 Å². The van der Waals surface area contributed by atoms with Gasteiger partial charge in [0.15, 0.2) is 0 Å². The van der Waals surface area contributed by atoms with E-state index in [0.717, 1.165) is 41.9 Å². The first-order valence-electron chi connectivity index (χ1n) is 5.76. The Bertz CT molecular complexity index is 540. The Morgan fingerprint density at radius 1 is 1.24 bits per heavy atom. The summed E-state index contributed by atoms with van der Waals surface area (Å²) in [4.78, 5) is 13.0. The number of pyridine rings is 1. The predicted molar refractivity (Wildman–Crippen MR) is 66.1 cm³/mol. The third-order valence-electron chi connectivity index (χ3n) is 3.01. The summed E-state index contributed by atoms with van der Waals surface area (Å²) in [5.74, 6) is 0.795. The normalized spacial score (nSPS) is 13.7. The average molecular weight is 246 g/mol. The van der Waals surface area contributed by atoms with Crippen LogP contribution in [0.25, 0.3) is 0 Å². The molecule has 0 fully saturated rings. The number of halogens is 1. The van der Waals surface area contributed by atoms with E-state index in [2.05, 4.69) is 15.0 Å². The van der Waals surface area contributed by atoms with Crippen LogP contribution >= 0.6 is 11.6 Å². The predicted octanol–water partition coefficient (Wildman–Crippen LogP) is 2.60. The van der Waals surface area contributed by atoms with Gasteiger partial charge in [-0.05, 0) is 30.9 Å². The van der Waals surface area contributed by atoms with Crippen LogP contribution < -0.4 is 0 Å². The molecule has 0 radical (unpaired) electrons. The van der Waals surface area contributed by atoms with Crippen molar-refractivity contribution in [2.75, 3.05) is 0 Å². The van der Waals surface area contributed by atoms with Gasteiger partial charge in [0.25, 0.3) is 0 Å². The van der Waals surface area contributed by atoms with Crippen molar-refractivity contribution in [1.82, 2.24) is 15.0 Å². The minimum Gasteiger partial charge on any atom is -0.264 e. The molecule has 1 aliphatic rings. The molecular formula is C13H12ClN3. The first-order valence-corrected chi connectivity index (χ1v) is 6.14. The zero-order valence-corrected chi connectivity index (χ0v) is 10.1. The molecule has 2 aromatic rings. The third-order valence-corrected chi connectivity index (χ3v) is 3.33. The summed E-state index contributed by atoms with van der Waals surface area (Å²) < 4.78 is 0. The van der Waals surface area contributed by atoms with Crippen LogP contribution in [-0.2, 0) is 19.3 Å². The van der Waals surface area contributed by atoms with Crippen LogP contribution in [0.15, 0.2) is 24.5 Å². The molecule has 1 aliphatic carbocycles. The second-order valence-corrected chi connectivity index (χ2v) is 4.61. The lowest BCUT2D eigenvalue weighted by Crippen LogP contribution is -2.02. The van der Waals surface area contributed by atoms with Gasteiger partial charge in [0.2, 0.25) is 0 Å². The molecule has 0 N–H and O–H groups in total. The summed E-state index contributed by atoms with van der Waals surface area (Å²) in [5, 5.41) is 0.631. The molecule has 0 aromatic carbocycles. The molecule has 4 heteroatoms. The fourth-order valence-corrected chi connectivity index (χ4v) is 2.50. The van der Waals surface area contributed by atoms with Crippen molar-refractivity contribution in [3.63, 3.8) is 0 Å². The Kier molecular flexibility index (Phi) is 2.77. The molecule has 17 heavy (non-hydrogen) atoms. The van der Waals surface area contributed by atoms with Crippen LogP contribution in [0.3, 0.4) is 0 Å². The van der Waals surface area contributed by atoms with Gasteiger partial charge in [-0.1, -0.05) is 17.7 Å². The summed E-state index contributed by atoms with van der Waals surface area (Å²) in [7, 11) is 0. The standard InChI is InChI=1S/C13H12ClN3/c14-13-10-4-1-5-11(10)16-12(17-13)7-9-3-2-6-15-8-9/h2-3,6,8H,1,4-5,7H2. The van der Waals surface area contributed by atoms with E-state index < -0.39 is 0 Å². The monoisotopic (exact) mass is 245 g/mol. The Hall–Kier alpha value is -1.48. The largest absolute Gasteiger partial charge is 0.264 e. The van der Waals surface area contributed by atoms with E-state index in [0.29, 0.717) is 11.6 Å². The van der Waals surface area contributed by atoms with Crippen LogP contribution in [0.4, 0.5) is 0 Å². The van der Waals surface area contributed by atoms with Crippen LogP contribution in [0.5, 0.6) is 0 Å². The van der Waals surface area contributed by atoms with Gasteiger partial charge >= 0.3 is 0 Å². The molecule has 0 bridgehead atoms. The van der Waals surface area contributed by atoms with Crippen molar-refractivity contribution in [2.24, 2.45) is 0 Å². The lowest BCUT2D eigenvalue weighted by molar-refractivity contribution is 0.884. The highest BCUT2D eigenvalue weighted by Gasteiger charge is 2.18. The second-order valence-electron chi connectivity index (χ2n) is 4.25. The van der Waals surface area contributed by atoms with Gasteiger partial charge in [0, 0.05) is 30.1 Å². The number of rotatable bonds is 2. The topological polar surface area (TPSA) is 38.7 Å². The molecule has 3 nitrogen and oxygen atoms in total. The van der Waals surface area contributed by atoms with E-state index in [1.807, 2.05) is 18.3 Å². The summed E-state index contributed by atoms with van der Waals surface area (Å²) >= 11 is 6.17. The summed E-state index contributed by atoms with van der Waals surface area (Å²) in [6.45, 7) is 0. The van der Waals surface area contributed by atoms with Gasteiger partial charge in [0.05, 0.1) is 0 Å². The highest BCUT2D eigenvalue weighted by Crippen LogP contribution is 2.26. The summed E-state index contributed by atoms with van der Waals surface area (Å²) in [6.07, 6.45) is 7.48. The molecule has 0 atom stereocenters. The zero-order valence-electron chi connectivity index (χ0n) is 9.36. The smallest absolute Gasteiger partial charge is 0.136 e. The van der Waals surface area contributed by atoms with Crippen molar-refractivity contribution < 1.29 is 0 Å². The quantitative estimate of drug-likeness (QED) is 0.764. The lowest BCUT2D eigenvalue weighted by Gasteiger charge is -2.05. The number of aryl methyl sites for hydroxylation is 1. The molecule has 0 amide bonds. The highest BCUT2D eigenvalue weighted by molar-refractivity contribution is 6.30. The highest BCUT2D eigenvalue weighted by atomic mass is 35.5. The van der Waals surface area contributed by atoms with Gasteiger partial charge in [-0.25, -0.2) is 9.97 Å². The van der Waals surface area contributed by atoms with Crippen molar-refractivity contribution >= 4 is 11.6 Å². The zero-order chi connectivity index (χ0) is 11.7. The van der Waals surface area contributed by atoms with Crippen LogP contribution in [-0.4, -0.2) is 15.0 Å². The maximum atomic E-state index is 6.17. The SMILES string of the molecule is Clc1nc(Cc2cccnc2)nc2c1CCC2. The molecule has 86 valence electrons. The molecule has 0 saturated heterocycles. The van der Waals surface area contributed by atoms with Gasteiger partial charge < -0.3 is 0 Å². The first kappa shape index (κ1) is 10.7. The number of fused-ring (bicyclic) bond motifs is 1. The maximum absolute atomic E-state index is 6.17. The fourth-order valence-electron chi connectivity index (χ4n) is 2.20. The molecule has 0 saturated carbocycles. The van der Waals surface area contributed by atoms with E-state index in [4.69, 9.17) is 11.6 Å². The number of aromatic nitrogens is 3. The number of hydrogen-bond acceptors (Lipinski definition) is 3. The molecule has 2 aromatic heterocycles. The van der Waals surface area contributed by atoms with Crippen molar-refractivity contribution in [1.29, 1.82) is 0 Å². The van der Waals surface area contributed by atoms with Gasteiger partial charge in [-0.15, -0.1) is 0 Å². The maximum Gasteiger partial charge on any atom is 0.136 e. The molecule has 2 heterocycles. The molecule has 0 spiro atoms. The minimum absolute atomic E-state index is 0.631. The Morgan fingerprint density at radius 2 is 2.18 bits per heavy atom. The van der Waals surface area contributed by atoms with Crippen molar-refractivity contribution in [2.45, 2.75) is 25.7 Å². The van der Waals surface area contributed by atoms with Gasteiger partial charge in [-0.2, -0.15) is 0 Å². The van der Waals surface area contributed by atoms with E-state index >= 15 is 0 Å². The van der Waals surface area contributed by atoms with E-state index in [1.165, 1.54) is 0 Å². The minimum atomic E-state index is 0.631. The Balaban J connectivity index is 1.92. The summed E-state index contributed by atoms with van der Waals surface area (Å²) in [6, 6.07) is 3.95. The van der Waals surface area contributed by atoms with Crippen molar-refractivity contribution in [3.8, 4) is 0 Å². The van der Waals surface area contributed by atoms with Crippen LogP contribution in [0, 0.1) is 0 Å². The Labute approximate surface area is 105 Å². The van der Waals surface area contributed by atoms with E-state index in [9.17, 15) is 0 Å². The molecular weight excluding hydrogens is 234 g/mol. The van der Waals surface area contributed by atoms with E-state index in [-0.39, 0.29) is 0 Å². The summed E-state index contributed by atoms with van der Waals surface area (Å²) in [5.41, 5.74) is 3.38. The second kappa shape index (κ2) is 4.41. The molecule has 0 unspecified atom stereocenters. The Morgan fingerprint density at radius 3 is 3.00 bits per heavy atom. The van der Waals surface area contributed by atoms with Gasteiger partial charge in [0.1, 0.15) is 11.0 Å².